The highest BCUT2D eigenvalue weighted by atomic mass is 16.4. The van der Waals surface area contributed by atoms with Gasteiger partial charge in [0.1, 0.15) is 6.04 Å². The van der Waals surface area contributed by atoms with E-state index in [9.17, 15) is 24.6 Å². The molecule has 0 rings (SSSR count). The van der Waals surface area contributed by atoms with Gasteiger partial charge < -0.3 is 26.6 Å². The van der Waals surface area contributed by atoms with Gasteiger partial charge in [-0.2, -0.15) is 0 Å². The molecule has 200 valence electrons. The van der Waals surface area contributed by atoms with Gasteiger partial charge in [0.15, 0.2) is 6.04 Å². The maximum absolute atomic E-state index is 12.5. The number of hydrogen-bond acceptors (Lipinski definition) is 5. The van der Waals surface area contributed by atoms with Gasteiger partial charge in [-0.15, -0.1) is 0 Å². The van der Waals surface area contributed by atoms with Crippen molar-refractivity contribution in [3.8, 4) is 0 Å². The van der Waals surface area contributed by atoms with Crippen molar-refractivity contribution in [3.05, 3.63) is 0 Å². The van der Waals surface area contributed by atoms with E-state index < -0.39 is 30.1 Å². The van der Waals surface area contributed by atoms with Crippen LogP contribution in [-0.2, 0) is 14.4 Å². The zero-order chi connectivity index (χ0) is 25.6. The lowest BCUT2D eigenvalue weighted by molar-refractivity contribution is -0.145. The second-order valence-corrected chi connectivity index (χ2v) is 9.46. The first kappa shape index (κ1) is 32.3. The second-order valence-electron chi connectivity index (χ2n) is 9.46. The van der Waals surface area contributed by atoms with Crippen LogP contribution in [0.2, 0.25) is 0 Å². The molecule has 0 saturated heterocycles. The van der Waals surface area contributed by atoms with E-state index in [-0.39, 0.29) is 5.91 Å². The van der Waals surface area contributed by atoms with Crippen molar-refractivity contribution in [1.29, 1.82) is 0 Å². The third-order valence-corrected chi connectivity index (χ3v) is 6.15. The van der Waals surface area contributed by atoms with Gasteiger partial charge in [-0.25, -0.2) is 4.79 Å². The molecule has 0 aromatic rings. The number of amides is 2. The van der Waals surface area contributed by atoms with Crippen LogP contribution in [0.25, 0.3) is 0 Å². The van der Waals surface area contributed by atoms with Crippen molar-refractivity contribution in [1.82, 2.24) is 10.6 Å². The number of carbonyl (C=O) groups is 3. The first-order valence-corrected chi connectivity index (χ1v) is 13.5. The molecule has 0 aromatic heterocycles. The van der Waals surface area contributed by atoms with Gasteiger partial charge in [-0.1, -0.05) is 84.0 Å². The van der Waals surface area contributed by atoms with Crippen molar-refractivity contribution in [2.24, 2.45) is 5.73 Å². The lowest BCUT2D eigenvalue weighted by Gasteiger charge is -2.22. The number of carbonyl (C=O) groups excluding carboxylic acids is 2. The quantitative estimate of drug-likeness (QED) is 0.138. The molecule has 0 aliphatic carbocycles. The Morgan fingerprint density at radius 1 is 0.765 bits per heavy atom. The highest BCUT2D eigenvalue weighted by Gasteiger charge is 2.29. The number of hydrogen-bond donors (Lipinski definition) is 5. The van der Waals surface area contributed by atoms with Crippen LogP contribution in [0.1, 0.15) is 123 Å². The molecule has 3 atom stereocenters. The van der Waals surface area contributed by atoms with E-state index in [0.29, 0.717) is 32.2 Å². The Labute approximate surface area is 206 Å². The lowest BCUT2D eigenvalue weighted by Crippen LogP contribution is -2.54. The largest absolute Gasteiger partial charge is 0.480 e. The van der Waals surface area contributed by atoms with Crippen molar-refractivity contribution in [2.75, 3.05) is 6.54 Å². The fourth-order valence-electron chi connectivity index (χ4n) is 3.97. The van der Waals surface area contributed by atoms with Gasteiger partial charge in [0, 0.05) is 6.42 Å². The number of carboxylic acid groups (broad SMARTS) is 1. The average molecular weight is 486 g/mol. The van der Waals surface area contributed by atoms with Gasteiger partial charge in [-0.05, 0) is 39.2 Å². The summed E-state index contributed by atoms with van der Waals surface area (Å²) in [4.78, 5) is 36.2. The summed E-state index contributed by atoms with van der Waals surface area (Å²) in [6.07, 6.45) is 16.8. The van der Waals surface area contributed by atoms with Crippen LogP contribution in [0.5, 0.6) is 0 Å². The number of nitrogens with two attached hydrogens (primary N) is 1. The van der Waals surface area contributed by atoms with Crippen LogP contribution in [0.4, 0.5) is 0 Å². The van der Waals surface area contributed by atoms with Crippen molar-refractivity contribution >= 4 is 17.8 Å². The first-order valence-electron chi connectivity index (χ1n) is 13.5. The number of nitrogens with one attached hydrogen (secondary N) is 2. The van der Waals surface area contributed by atoms with E-state index >= 15 is 0 Å². The molecule has 0 aliphatic heterocycles. The summed E-state index contributed by atoms with van der Waals surface area (Å²) in [6, 6.07) is -2.25. The highest BCUT2D eigenvalue weighted by Crippen LogP contribution is 2.13. The fourth-order valence-corrected chi connectivity index (χ4v) is 3.97. The van der Waals surface area contributed by atoms with E-state index in [0.717, 1.165) is 19.3 Å². The molecule has 0 aromatic carbocycles. The van der Waals surface area contributed by atoms with Crippen molar-refractivity contribution in [3.63, 3.8) is 0 Å². The third-order valence-electron chi connectivity index (χ3n) is 6.15. The zero-order valence-electron chi connectivity index (χ0n) is 21.7. The smallest absolute Gasteiger partial charge is 0.328 e. The number of rotatable bonds is 23. The normalized spacial score (nSPS) is 13.8. The average Bonchev–Trinajstić information content (AvgIpc) is 2.79. The van der Waals surface area contributed by atoms with Crippen LogP contribution in [0.3, 0.4) is 0 Å². The predicted molar refractivity (Wildman–Crippen MR) is 136 cm³/mol. The molecule has 0 radical (unpaired) electrons. The zero-order valence-corrected chi connectivity index (χ0v) is 21.7. The van der Waals surface area contributed by atoms with Crippen LogP contribution in [-0.4, -0.2) is 52.7 Å². The lowest BCUT2D eigenvalue weighted by atomic mass is 10.0. The van der Waals surface area contributed by atoms with Gasteiger partial charge in [-0.3, -0.25) is 9.59 Å². The van der Waals surface area contributed by atoms with Crippen molar-refractivity contribution < 1.29 is 24.6 Å². The van der Waals surface area contributed by atoms with E-state index in [1.807, 2.05) is 0 Å². The van der Waals surface area contributed by atoms with Gasteiger partial charge in [0.25, 0.3) is 0 Å². The molecule has 6 N–H and O–H groups in total. The summed E-state index contributed by atoms with van der Waals surface area (Å²) in [7, 11) is 0. The minimum atomic E-state index is -1.41. The molecule has 8 heteroatoms. The molecule has 0 spiro atoms. The molecule has 0 bridgehead atoms. The van der Waals surface area contributed by atoms with E-state index in [1.165, 1.54) is 71.1 Å². The van der Waals surface area contributed by atoms with E-state index in [1.54, 1.807) is 0 Å². The highest BCUT2D eigenvalue weighted by molar-refractivity contribution is 5.90. The van der Waals surface area contributed by atoms with Crippen LogP contribution >= 0.6 is 0 Å². The van der Waals surface area contributed by atoms with Gasteiger partial charge in [0.2, 0.25) is 11.8 Å². The SMILES string of the molecule is CCCCCCCCCCCCCCCC(=O)NC(CCCCN)C(=O)NC(C(=O)O)C(C)O. The summed E-state index contributed by atoms with van der Waals surface area (Å²) in [6.45, 7) is 4.02. The molecular weight excluding hydrogens is 434 g/mol. The third kappa shape index (κ3) is 17.8. The van der Waals surface area contributed by atoms with Crippen LogP contribution < -0.4 is 16.4 Å². The molecule has 3 unspecified atom stereocenters. The summed E-state index contributed by atoms with van der Waals surface area (Å²) >= 11 is 0. The Kier molecular flexibility index (Phi) is 20.8. The standard InChI is InChI=1S/C26H51N3O5/c1-3-4-5-6-7-8-9-10-11-12-13-14-15-19-23(31)28-22(18-16-17-20-27)25(32)29-24(21(2)30)26(33)34/h21-22,24,30H,3-20,27H2,1-2H3,(H,28,31)(H,29,32)(H,33,34). The molecule has 0 heterocycles. The molecule has 0 saturated carbocycles. The number of aliphatic carboxylic acids is 1. The van der Waals surface area contributed by atoms with Crippen molar-refractivity contribution in [2.45, 2.75) is 141 Å². The Morgan fingerprint density at radius 3 is 1.71 bits per heavy atom. The summed E-state index contributed by atoms with van der Waals surface area (Å²) in [5.41, 5.74) is 5.52. The molecule has 34 heavy (non-hydrogen) atoms. The Morgan fingerprint density at radius 2 is 1.26 bits per heavy atom. The van der Waals surface area contributed by atoms with E-state index in [4.69, 9.17) is 5.73 Å². The maximum Gasteiger partial charge on any atom is 0.328 e. The van der Waals surface area contributed by atoms with Gasteiger partial charge >= 0.3 is 5.97 Å². The minimum Gasteiger partial charge on any atom is -0.480 e. The minimum absolute atomic E-state index is 0.208. The Hall–Kier alpha value is -1.67. The first-order chi connectivity index (χ1) is 16.3. The van der Waals surface area contributed by atoms with Gasteiger partial charge in [0.05, 0.1) is 6.10 Å². The summed E-state index contributed by atoms with van der Waals surface area (Å²) < 4.78 is 0. The molecule has 0 aliphatic rings. The summed E-state index contributed by atoms with van der Waals surface area (Å²) in [5, 5.41) is 23.8. The molecule has 2 amide bonds. The van der Waals surface area contributed by atoms with E-state index in [2.05, 4.69) is 17.6 Å². The summed E-state index contributed by atoms with van der Waals surface area (Å²) in [5.74, 6) is -2.12. The topological polar surface area (TPSA) is 142 Å². The number of unbranched alkanes of at least 4 members (excludes halogenated alkanes) is 13. The molecule has 0 fully saturated rings. The Balaban J connectivity index is 4.12. The number of carboxylic acids is 1. The number of aliphatic hydroxyl groups is 1. The van der Waals surface area contributed by atoms with Crippen LogP contribution in [0, 0.1) is 0 Å². The predicted octanol–water partition coefficient (Wildman–Crippen LogP) is 4.03. The monoisotopic (exact) mass is 485 g/mol. The maximum atomic E-state index is 12.5. The fraction of sp³-hybridized carbons (Fsp3) is 0.885. The second kappa shape index (κ2) is 21.8. The van der Waals surface area contributed by atoms with Crippen LogP contribution in [0.15, 0.2) is 0 Å². The molecular formula is C26H51N3O5. The molecule has 8 nitrogen and oxygen atoms in total. The Bertz CT molecular complexity index is 543. The number of aliphatic hydroxyl groups excluding tert-OH is 1.